The highest BCUT2D eigenvalue weighted by atomic mass is 32.2. The van der Waals surface area contributed by atoms with Crippen LogP contribution < -0.4 is 4.74 Å². The smallest absolute Gasteiger partial charge is 0.233 e. The van der Waals surface area contributed by atoms with Crippen molar-refractivity contribution >= 4 is 17.7 Å². The van der Waals surface area contributed by atoms with E-state index >= 15 is 0 Å². The summed E-state index contributed by atoms with van der Waals surface area (Å²) in [6, 6.07) is 28.1. The number of hydrogen-bond donors (Lipinski definition) is 0. The van der Waals surface area contributed by atoms with Crippen molar-refractivity contribution < 1.29 is 9.53 Å². The number of rotatable bonds is 10. The Morgan fingerprint density at radius 2 is 1.56 bits per heavy atom. The van der Waals surface area contributed by atoms with Gasteiger partial charge in [0, 0.05) is 20.1 Å². The van der Waals surface area contributed by atoms with Gasteiger partial charge in [0.2, 0.25) is 5.91 Å². The summed E-state index contributed by atoms with van der Waals surface area (Å²) in [5, 5.41) is 9.65. The molecule has 0 aliphatic heterocycles. The van der Waals surface area contributed by atoms with Crippen LogP contribution in [0.5, 0.6) is 5.75 Å². The summed E-state index contributed by atoms with van der Waals surface area (Å²) in [6.45, 7) is 1.27. The molecule has 1 amide bonds. The van der Waals surface area contributed by atoms with E-state index in [4.69, 9.17) is 4.74 Å². The lowest BCUT2D eigenvalue weighted by Crippen LogP contribution is -2.27. The lowest BCUT2D eigenvalue weighted by atomic mass is 10.1. The molecule has 34 heavy (non-hydrogen) atoms. The third-order valence-electron chi connectivity index (χ3n) is 5.54. The summed E-state index contributed by atoms with van der Waals surface area (Å²) in [5.41, 5.74) is 3.22. The Morgan fingerprint density at radius 3 is 2.26 bits per heavy atom. The van der Waals surface area contributed by atoms with Gasteiger partial charge in [0.1, 0.15) is 5.75 Å². The average molecular weight is 473 g/mol. The third kappa shape index (κ3) is 5.85. The Morgan fingerprint density at radius 1 is 0.912 bits per heavy atom. The fourth-order valence-electron chi connectivity index (χ4n) is 3.69. The van der Waals surface area contributed by atoms with Crippen LogP contribution in [0.1, 0.15) is 11.1 Å². The zero-order valence-electron chi connectivity index (χ0n) is 19.4. The molecule has 7 heteroatoms. The molecule has 0 spiro atoms. The molecule has 6 nitrogen and oxygen atoms in total. The maximum atomic E-state index is 12.8. The molecule has 0 fully saturated rings. The van der Waals surface area contributed by atoms with E-state index in [-0.39, 0.29) is 5.91 Å². The van der Waals surface area contributed by atoms with Crippen molar-refractivity contribution in [3.63, 3.8) is 0 Å². The van der Waals surface area contributed by atoms with E-state index in [0.717, 1.165) is 34.3 Å². The number of methoxy groups -OCH3 is 1. The molecule has 3 aromatic carbocycles. The van der Waals surface area contributed by atoms with Crippen molar-refractivity contribution in [1.29, 1.82) is 0 Å². The number of hydrogen-bond acceptors (Lipinski definition) is 5. The van der Waals surface area contributed by atoms with Crippen LogP contribution in [0.15, 0.2) is 90.1 Å². The topological polar surface area (TPSA) is 60.3 Å². The fourth-order valence-corrected chi connectivity index (χ4v) is 4.60. The Kier molecular flexibility index (Phi) is 7.99. The van der Waals surface area contributed by atoms with Gasteiger partial charge in [0.05, 0.1) is 18.4 Å². The molecule has 174 valence electrons. The first-order valence-electron chi connectivity index (χ1n) is 11.2. The van der Waals surface area contributed by atoms with Gasteiger partial charge >= 0.3 is 0 Å². The molecule has 0 atom stereocenters. The van der Waals surface area contributed by atoms with Crippen molar-refractivity contribution in [2.75, 3.05) is 19.9 Å². The van der Waals surface area contributed by atoms with E-state index in [2.05, 4.69) is 26.9 Å². The first-order valence-corrected chi connectivity index (χ1v) is 12.2. The van der Waals surface area contributed by atoms with E-state index in [1.54, 1.807) is 12.0 Å². The Hall–Kier alpha value is -3.58. The van der Waals surface area contributed by atoms with Crippen LogP contribution >= 0.6 is 11.8 Å². The second-order valence-electron chi connectivity index (χ2n) is 7.92. The fraction of sp³-hybridized carbons (Fsp3) is 0.222. The minimum Gasteiger partial charge on any atom is -0.496 e. The number of benzene rings is 3. The van der Waals surface area contributed by atoms with Gasteiger partial charge in [-0.15, -0.1) is 10.2 Å². The number of nitrogens with zero attached hydrogens (tertiary/aromatic N) is 4. The first-order chi connectivity index (χ1) is 16.7. The monoisotopic (exact) mass is 472 g/mol. The van der Waals surface area contributed by atoms with E-state index in [0.29, 0.717) is 18.8 Å². The number of amides is 1. The van der Waals surface area contributed by atoms with Crippen LogP contribution in [0.3, 0.4) is 0 Å². The second kappa shape index (κ2) is 11.5. The molecular formula is C27H28N4O2S. The van der Waals surface area contributed by atoms with Gasteiger partial charge in [0.15, 0.2) is 11.0 Å². The predicted octanol–water partition coefficient (Wildman–Crippen LogP) is 4.95. The van der Waals surface area contributed by atoms with Gasteiger partial charge in [-0.2, -0.15) is 0 Å². The maximum absolute atomic E-state index is 12.8. The summed E-state index contributed by atoms with van der Waals surface area (Å²) in [6.07, 6.45) is 0.830. The lowest BCUT2D eigenvalue weighted by Gasteiger charge is -2.17. The molecule has 0 unspecified atom stereocenters. The lowest BCUT2D eigenvalue weighted by molar-refractivity contribution is -0.127. The highest BCUT2D eigenvalue weighted by Crippen LogP contribution is 2.31. The first kappa shape index (κ1) is 23.6. The summed E-state index contributed by atoms with van der Waals surface area (Å²) < 4.78 is 7.65. The highest BCUT2D eigenvalue weighted by Gasteiger charge is 2.19. The minimum absolute atomic E-state index is 0.0466. The number of thioether (sulfide) groups is 1. The Bertz CT molecular complexity index is 1210. The molecule has 0 aliphatic rings. The number of carbonyl (C=O) groups excluding carboxylic acids is 1. The highest BCUT2D eigenvalue weighted by molar-refractivity contribution is 7.99. The number of aromatic nitrogens is 3. The second-order valence-corrected chi connectivity index (χ2v) is 8.86. The van der Waals surface area contributed by atoms with E-state index in [1.165, 1.54) is 17.3 Å². The van der Waals surface area contributed by atoms with Crippen LogP contribution in [0.25, 0.3) is 11.4 Å². The summed E-state index contributed by atoms with van der Waals surface area (Å²) >= 11 is 1.42. The molecule has 0 radical (unpaired) electrons. The largest absolute Gasteiger partial charge is 0.496 e. The molecule has 1 heterocycles. The molecule has 4 rings (SSSR count). The SMILES string of the molecule is COc1ccccc1-c1nnc(SCC(=O)N(C)Cc2ccccc2)n1CCc1ccccc1. The quantitative estimate of drug-likeness (QED) is 0.306. The van der Waals surface area contributed by atoms with Crippen molar-refractivity contribution in [3.05, 3.63) is 96.1 Å². The van der Waals surface area contributed by atoms with Crippen molar-refractivity contribution in [3.8, 4) is 17.1 Å². The van der Waals surface area contributed by atoms with Gasteiger partial charge in [0.25, 0.3) is 0 Å². The standard InChI is InChI=1S/C27H28N4O2S/c1-30(19-22-13-7-4-8-14-22)25(32)20-34-27-29-28-26(23-15-9-10-16-24(23)33-2)31(27)18-17-21-11-5-3-6-12-21/h3-16H,17-20H2,1-2H3. The van der Waals surface area contributed by atoms with Gasteiger partial charge < -0.3 is 14.2 Å². The van der Waals surface area contributed by atoms with E-state index in [9.17, 15) is 4.79 Å². The molecule has 0 N–H and O–H groups in total. The molecule has 1 aromatic heterocycles. The molecule has 4 aromatic rings. The molecule has 0 aliphatic carbocycles. The van der Waals surface area contributed by atoms with E-state index in [1.807, 2.05) is 79.8 Å². The van der Waals surface area contributed by atoms with Crippen LogP contribution in [0.4, 0.5) is 0 Å². The van der Waals surface area contributed by atoms with Crippen molar-refractivity contribution in [1.82, 2.24) is 19.7 Å². The van der Waals surface area contributed by atoms with Crippen LogP contribution in [-0.2, 0) is 24.3 Å². The minimum atomic E-state index is 0.0466. The number of carbonyl (C=O) groups is 1. The number of para-hydroxylation sites is 1. The predicted molar refractivity (Wildman–Crippen MR) is 136 cm³/mol. The number of ether oxygens (including phenoxy) is 1. The van der Waals surface area contributed by atoms with Crippen molar-refractivity contribution in [2.45, 2.75) is 24.7 Å². The normalized spacial score (nSPS) is 10.8. The third-order valence-corrected chi connectivity index (χ3v) is 6.50. The maximum Gasteiger partial charge on any atom is 0.233 e. The Balaban J connectivity index is 1.52. The van der Waals surface area contributed by atoms with Gasteiger partial charge in [-0.05, 0) is 29.7 Å². The van der Waals surface area contributed by atoms with E-state index < -0.39 is 0 Å². The van der Waals surface area contributed by atoms with Gasteiger partial charge in [-0.1, -0.05) is 84.6 Å². The molecule has 0 saturated carbocycles. The molecule has 0 bridgehead atoms. The van der Waals surface area contributed by atoms with Crippen LogP contribution in [0.2, 0.25) is 0 Å². The summed E-state index contributed by atoms with van der Waals surface area (Å²) in [7, 11) is 3.48. The zero-order chi connectivity index (χ0) is 23.8. The van der Waals surface area contributed by atoms with Crippen LogP contribution in [-0.4, -0.2) is 45.5 Å². The molecular weight excluding hydrogens is 444 g/mol. The van der Waals surface area contributed by atoms with Crippen LogP contribution in [0, 0.1) is 0 Å². The zero-order valence-corrected chi connectivity index (χ0v) is 20.2. The van der Waals surface area contributed by atoms with Crippen molar-refractivity contribution in [2.24, 2.45) is 0 Å². The Labute approximate surface area is 204 Å². The summed E-state index contributed by atoms with van der Waals surface area (Å²) in [5.74, 6) is 1.82. The number of aryl methyl sites for hydroxylation is 1. The van der Waals surface area contributed by atoms with Gasteiger partial charge in [-0.25, -0.2) is 0 Å². The summed E-state index contributed by atoms with van der Waals surface area (Å²) in [4.78, 5) is 14.6. The molecule has 0 saturated heterocycles. The average Bonchev–Trinajstić information content (AvgIpc) is 3.29. The van der Waals surface area contributed by atoms with Gasteiger partial charge in [-0.3, -0.25) is 4.79 Å².